The predicted octanol–water partition coefficient (Wildman–Crippen LogP) is 2.00. The van der Waals surface area contributed by atoms with E-state index in [1.54, 1.807) is 31.2 Å². The van der Waals surface area contributed by atoms with Crippen LogP contribution in [0.25, 0.3) is 0 Å². The van der Waals surface area contributed by atoms with Crippen LogP contribution >= 0.6 is 0 Å². The van der Waals surface area contributed by atoms with E-state index in [-0.39, 0.29) is 5.91 Å². The number of amides is 2. The van der Waals surface area contributed by atoms with E-state index in [1.807, 2.05) is 6.92 Å². The van der Waals surface area contributed by atoms with E-state index in [0.29, 0.717) is 24.4 Å². The smallest absolute Gasteiger partial charge is 0.411 e. The average Bonchev–Trinajstić information content (AvgIpc) is 2.30. The summed E-state index contributed by atoms with van der Waals surface area (Å²) in [4.78, 5) is 22.6. The van der Waals surface area contributed by atoms with Crippen molar-refractivity contribution in [2.75, 3.05) is 18.5 Å². The van der Waals surface area contributed by atoms with Crippen LogP contribution in [0.1, 0.15) is 24.2 Å². The number of nitrogens with one attached hydrogen (secondary N) is 2. The Balaban J connectivity index is 2.61. The molecule has 0 spiro atoms. The highest BCUT2D eigenvalue weighted by Gasteiger charge is 2.05. The van der Waals surface area contributed by atoms with Crippen molar-refractivity contribution >= 4 is 17.7 Å². The zero-order chi connectivity index (χ0) is 12.7. The van der Waals surface area contributed by atoms with Crippen molar-refractivity contribution in [3.63, 3.8) is 0 Å². The normalized spacial score (nSPS) is 9.53. The Kier molecular flexibility index (Phi) is 5.00. The van der Waals surface area contributed by atoms with Gasteiger partial charge in [-0.05, 0) is 38.1 Å². The molecular weight excluding hydrogens is 220 g/mol. The molecule has 0 aromatic heterocycles. The summed E-state index contributed by atoms with van der Waals surface area (Å²) >= 11 is 0. The molecule has 2 N–H and O–H groups in total. The fraction of sp³-hybridized carbons (Fsp3) is 0.333. The Bertz CT molecular complexity index is 387. The maximum Gasteiger partial charge on any atom is 0.411 e. The summed E-state index contributed by atoms with van der Waals surface area (Å²) in [5, 5.41) is 5.24. The van der Waals surface area contributed by atoms with E-state index in [2.05, 4.69) is 10.6 Å². The number of carbonyl (C=O) groups excluding carboxylic acids is 2. The molecule has 0 bridgehead atoms. The molecule has 0 radical (unpaired) electrons. The number of carbonyl (C=O) groups is 2. The van der Waals surface area contributed by atoms with Gasteiger partial charge in [0.2, 0.25) is 0 Å². The molecular formula is C12H16N2O3. The number of benzene rings is 1. The first-order valence-electron chi connectivity index (χ1n) is 5.49. The van der Waals surface area contributed by atoms with Crippen LogP contribution in [-0.2, 0) is 4.74 Å². The van der Waals surface area contributed by atoms with Gasteiger partial charge in [0.05, 0.1) is 6.61 Å². The fourth-order valence-corrected chi connectivity index (χ4v) is 1.25. The molecule has 0 unspecified atom stereocenters. The minimum Gasteiger partial charge on any atom is -0.450 e. The monoisotopic (exact) mass is 236 g/mol. The van der Waals surface area contributed by atoms with Gasteiger partial charge in [-0.2, -0.15) is 0 Å². The van der Waals surface area contributed by atoms with Gasteiger partial charge >= 0.3 is 6.09 Å². The van der Waals surface area contributed by atoms with Crippen LogP contribution in [0.3, 0.4) is 0 Å². The van der Waals surface area contributed by atoms with Crippen molar-refractivity contribution in [2.45, 2.75) is 13.8 Å². The number of rotatable bonds is 4. The second kappa shape index (κ2) is 6.52. The van der Waals surface area contributed by atoms with Crippen molar-refractivity contribution in [2.24, 2.45) is 0 Å². The van der Waals surface area contributed by atoms with Crippen molar-refractivity contribution in [3.8, 4) is 0 Å². The Morgan fingerprint density at radius 3 is 2.35 bits per heavy atom. The van der Waals surface area contributed by atoms with Crippen molar-refractivity contribution in [1.82, 2.24) is 5.32 Å². The van der Waals surface area contributed by atoms with Crippen LogP contribution in [0, 0.1) is 0 Å². The van der Waals surface area contributed by atoms with Crippen LogP contribution < -0.4 is 10.6 Å². The summed E-state index contributed by atoms with van der Waals surface area (Å²) in [6.45, 7) is 4.50. The lowest BCUT2D eigenvalue weighted by Crippen LogP contribution is -2.22. The maximum atomic E-state index is 11.5. The molecule has 0 aliphatic heterocycles. The van der Waals surface area contributed by atoms with Gasteiger partial charge in [0, 0.05) is 17.8 Å². The second-order valence-electron chi connectivity index (χ2n) is 3.28. The summed E-state index contributed by atoms with van der Waals surface area (Å²) in [7, 11) is 0. The third-order valence-corrected chi connectivity index (χ3v) is 2.01. The van der Waals surface area contributed by atoms with Crippen molar-refractivity contribution in [3.05, 3.63) is 29.8 Å². The summed E-state index contributed by atoms with van der Waals surface area (Å²) in [6.07, 6.45) is -0.502. The lowest BCUT2D eigenvalue weighted by molar-refractivity contribution is 0.0956. The summed E-state index contributed by atoms with van der Waals surface area (Å²) < 4.78 is 4.73. The van der Waals surface area contributed by atoms with Crippen LogP contribution in [0.4, 0.5) is 10.5 Å². The predicted molar refractivity (Wildman–Crippen MR) is 65.1 cm³/mol. The van der Waals surface area contributed by atoms with Crippen LogP contribution in [0.15, 0.2) is 24.3 Å². The zero-order valence-corrected chi connectivity index (χ0v) is 9.95. The summed E-state index contributed by atoms with van der Waals surface area (Å²) in [5.74, 6) is -0.129. The molecule has 5 heteroatoms. The molecule has 0 heterocycles. The van der Waals surface area contributed by atoms with Gasteiger partial charge in [-0.15, -0.1) is 0 Å². The summed E-state index contributed by atoms with van der Waals surface area (Å²) in [5.41, 5.74) is 1.15. The first kappa shape index (κ1) is 13.0. The molecule has 0 saturated carbocycles. The standard InChI is InChI=1S/C12H16N2O3/c1-3-13-11(15)9-5-7-10(8-6-9)14-12(16)17-4-2/h5-8H,3-4H2,1-2H3,(H,13,15)(H,14,16). The molecule has 1 aromatic carbocycles. The van der Waals surface area contributed by atoms with Gasteiger partial charge in [0.15, 0.2) is 0 Å². The summed E-state index contributed by atoms with van der Waals surface area (Å²) in [6, 6.07) is 6.60. The zero-order valence-electron chi connectivity index (χ0n) is 9.95. The molecule has 0 atom stereocenters. The van der Waals surface area contributed by atoms with Gasteiger partial charge in [-0.3, -0.25) is 10.1 Å². The molecule has 0 aliphatic rings. The maximum absolute atomic E-state index is 11.5. The van der Waals surface area contributed by atoms with Gasteiger partial charge < -0.3 is 10.1 Å². The molecule has 0 saturated heterocycles. The number of anilines is 1. The quantitative estimate of drug-likeness (QED) is 0.840. The van der Waals surface area contributed by atoms with E-state index in [0.717, 1.165) is 0 Å². The highest BCUT2D eigenvalue weighted by atomic mass is 16.5. The lowest BCUT2D eigenvalue weighted by atomic mass is 10.2. The van der Waals surface area contributed by atoms with Crippen molar-refractivity contribution in [1.29, 1.82) is 0 Å². The number of hydrogen-bond acceptors (Lipinski definition) is 3. The van der Waals surface area contributed by atoms with E-state index < -0.39 is 6.09 Å². The topological polar surface area (TPSA) is 67.4 Å². The van der Waals surface area contributed by atoms with E-state index in [9.17, 15) is 9.59 Å². The van der Waals surface area contributed by atoms with Crippen molar-refractivity contribution < 1.29 is 14.3 Å². The van der Waals surface area contributed by atoms with Gasteiger partial charge in [-0.25, -0.2) is 4.79 Å². The molecule has 1 aromatic rings. The van der Waals surface area contributed by atoms with E-state index >= 15 is 0 Å². The Morgan fingerprint density at radius 2 is 1.82 bits per heavy atom. The second-order valence-corrected chi connectivity index (χ2v) is 3.28. The average molecular weight is 236 g/mol. The van der Waals surface area contributed by atoms with Gasteiger partial charge in [0.1, 0.15) is 0 Å². The van der Waals surface area contributed by atoms with Crippen LogP contribution in [0.5, 0.6) is 0 Å². The van der Waals surface area contributed by atoms with Crippen LogP contribution in [0.2, 0.25) is 0 Å². The SMILES string of the molecule is CCNC(=O)c1ccc(NC(=O)OCC)cc1. The Labute approximate surface area is 100 Å². The molecule has 5 nitrogen and oxygen atoms in total. The largest absolute Gasteiger partial charge is 0.450 e. The third-order valence-electron chi connectivity index (χ3n) is 2.01. The van der Waals surface area contributed by atoms with E-state index in [1.165, 1.54) is 0 Å². The first-order valence-corrected chi connectivity index (χ1v) is 5.49. The first-order chi connectivity index (χ1) is 8.17. The molecule has 2 amide bonds. The molecule has 0 aliphatic carbocycles. The molecule has 92 valence electrons. The number of hydrogen-bond donors (Lipinski definition) is 2. The van der Waals surface area contributed by atoms with Crippen LogP contribution in [-0.4, -0.2) is 25.2 Å². The lowest BCUT2D eigenvalue weighted by Gasteiger charge is -2.06. The molecule has 1 rings (SSSR count). The minimum atomic E-state index is -0.502. The number of ether oxygens (including phenoxy) is 1. The highest BCUT2D eigenvalue weighted by molar-refractivity contribution is 5.95. The molecule has 0 fully saturated rings. The van der Waals surface area contributed by atoms with E-state index in [4.69, 9.17) is 4.74 Å². The Morgan fingerprint density at radius 1 is 1.18 bits per heavy atom. The molecule has 17 heavy (non-hydrogen) atoms. The third kappa shape index (κ3) is 4.14. The fourth-order valence-electron chi connectivity index (χ4n) is 1.25. The van der Waals surface area contributed by atoms with Gasteiger partial charge in [0.25, 0.3) is 5.91 Å². The highest BCUT2D eigenvalue weighted by Crippen LogP contribution is 2.09. The Hall–Kier alpha value is -2.04. The van der Waals surface area contributed by atoms with Gasteiger partial charge in [-0.1, -0.05) is 0 Å². The minimum absolute atomic E-state index is 0.129.